The number of hydrogen-bond acceptors (Lipinski definition) is 5. The van der Waals surface area contributed by atoms with Gasteiger partial charge in [0.1, 0.15) is 0 Å². The molecule has 0 aliphatic carbocycles. The van der Waals surface area contributed by atoms with Crippen molar-refractivity contribution >= 4 is 29.3 Å². The molecule has 90 valence electrons. The number of esters is 2. The summed E-state index contributed by atoms with van der Waals surface area (Å²) in [5, 5.41) is 0. The first kappa shape index (κ1) is 14.0. The topological polar surface area (TPSA) is 69.2 Å². The van der Waals surface area contributed by atoms with Gasteiger partial charge in [-0.05, 0) is 24.3 Å². The number of aromatic nitrogens is 2. The fourth-order valence-corrected chi connectivity index (χ4v) is 1.17. The van der Waals surface area contributed by atoms with E-state index in [-0.39, 0.29) is 28.5 Å². The summed E-state index contributed by atoms with van der Waals surface area (Å²) in [4.78, 5) is 30.6. The van der Waals surface area contributed by atoms with Crippen molar-refractivity contribution in [1.29, 1.82) is 0 Å². The lowest BCUT2D eigenvalue weighted by Crippen LogP contribution is -2.13. The minimum Gasteiger partial charge on any atom is -0.386 e. The highest BCUT2D eigenvalue weighted by Gasteiger charge is 2.14. The van der Waals surface area contributed by atoms with E-state index in [1.54, 1.807) is 12.1 Å². The maximum Gasteiger partial charge on any atom is 0.347 e. The van der Waals surface area contributed by atoms with Gasteiger partial charge in [-0.15, -0.1) is 0 Å². The highest BCUT2D eigenvalue weighted by Crippen LogP contribution is 2.04. The second kappa shape index (κ2) is 6.65. The Morgan fingerprint density at radius 1 is 0.889 bits per heavy atom. The van der Waals surface area contributed by atoms with Crippen LogP contribution >= 0.6 is 0 Å². The van der Waals surface area contributed by atoms with Crippen LogP contribution in [0.25, 0.3) is 0 Å². The fourth-order valence-electron chi connectivity index (χ4n) is 1.17. The zero-order chi connectivity index (χ0) is 12.1. The second-order valence-corrected chi connectivity index (χ2v) is 3.16. The van der Waals surface area contributed by atoms with Gasteiger partial charge < -0.3 is 4.74 Å². The minimum atomic E-state index is -0.730. The second-order valence-electron chi connectivity index (χ2n) is 3.16. The average molecular weight is 258 g/mol. The van der Waals surface area contributed by atoms with Gasteiger partial charge in [0, 0.05) is 24.8 Å². The molecule has 0 bridgehead atoms. The number of carbonyl (C=O) groups is 2. The molecule has 2 rings (SSSR count). The van der Waals surface area contributed by atoms with Crippen LogP contribution in [0.1, 0.15) is 20.7 Å². The van der Waals surface area contributed by atoms with E-state index in [1.165, 1.54) is 36.9 Å². The quantitative estimate of drug-likeness (QED) is 0.440. The minimum absolute atomic E-state index is 0. The number of pyridine rings is 2. The molecule has 0 atom stereocenters. The van der Waals surface area contributed by atoms with Crippen LogP contribution in [0.3, 0.4) is 0 Å². The molecule has 0 fully saturated rings. The van der Waals surface area contributed by atoms with Crippen molar-refractivity contribution in [3.63, 3.8) is 0 Å². The first-order chi connectivity index (χ1) is 8.27. The molecule has 0 aliphatic rings. The average Bonchev–Trinajstić information content (AvgIpc) is 2.40. The maximum absolute atomic E-state index is 11.5. The van der Waals surface area contributed by atoms with Gasteiger partial charge in [0.05, 0.1) is 11.1 Å². The third-order valence-corrected chi connectivity index (χ3v) is 1.98. The molecule has 0 aromatic carbocycles. The zero-order valence-electron chi connectivity index (χ0n) is 8.74. The van der Waals surface area contributed by atoms with E-state index < -0.39 is 11.9 Å². The zero-order valence-corrected chi connectivity index (χ0v) is 8.74. The summed E-state index contributed by atoms with van der Waals surface area (Å²) in [5.41, 5.74) is 0.453. The highest BCUT2D eigenvalue weighted by atomic mass is 27.0. The summed E-state index contributed by atoms with van der Waals surface area (Å²) in [6, 6.07) is 6.22. The van der Waals surface area contributed by atoms with Crippen LogP contribution in [0.2, 0.25) is 0 Å². The van der Waals surface area contributed by atoms with Crippen molar-refractivity contribution in [3.8, 4) is 0 Å². The smallest absolute Gasteiger partial charge is 0.347 e. The van der Waals surface area contributed by atoms with Gasteiger partial charge >= 0.3 is 11.9 Å². The third kappa shape index (κ3) is 3.49. The Bertz CT molecular complexity index is 482. The molecule has 0 spiro atoms. The largest absolute Gasteiger partial charge is 0.386 e. The Hall–Kier alpha value is -2.03. The van der Waals surface area contributed by atoms with E-state index >= 15 is 0 Å². The van der Waals surface area contributed by atoms with Gasteiger partial charge in [-0.25, -0.2) is 9.59 Å². The molecule has 2 aromatic rings. The number of ether oxygens (including phenoxy) is 1. The lowest BCUT2D eigenvalue weighted by Gasteiger charge is -2.01. The standard InChI is InChI=1S/C12H8N2O3.Al.3H/c15-11(9-3-1-5-13-7-9)17-12(16)10-4-2-6-14-8-10;;;;/h1-8H;;;;. The number of nitrogens with zero attached hydrogens (tertiary/aromatic N) is 2. The van der Waals surface area contributed by atoms with Crippen LogP contribution in [0, 0.1) is 0 Å². The Morgan fingerprint density at radius 3 is 1.67 bits per heavy atom. The third-order valence-electron chi connectivity index (χ3n) is 1.98. The van der Waals surface area contributed by atoms with Crippen molar-refractivity contribution in [3.05, 3.63) is 60.2 Å². The molecular weight excluding hydrogens is 247 g/mol. The van der Waals surface area contributed by atoms with Crippen molar-refractivity contribution in [1.82, 2.24) is 9.97 Å². The van der Waals surface area contributed by atoms with Gasteiger partial charge in [-0.1, -0.05) is 0 Å². The van der Waals surface area contributed by atoms with Gasteiger partial charge in [0.2, 0.25) is 0 Å². The van der Waals surface area contributed by atoms with Crippen LogP contribution in [-0.2, 0) is 4.74 Å². The van der Waals surface area contributed by atoms with Crippen molar-refractivity contribution in [2.75, 3.05) is 0 Å². The first-order valence-electron chi connectivity index (χ1n) is 4.84. The first-order valence-corrected chi connectivity index (χ1v) is 4.84. The molecule has 0 saturated heterocycles. The van der Waals surface area contributed by atoms with Crippen LogP contribution in [0.5, 0.6) is 0 Å². The number of rotatable bonds is 2. The van der Waals surface area contributed by atoms with E-state index in [0.29, 0.717) is 0 Å². The van der Waals surface area contributed by atoms with Crippen LogP contribution in [-0.4, -0.2) is 39.3 Å². The van der Waals surface area contributed by atoms with E-state index in [1.807, 2.05) is 0 Å². The number of carbonyl (C=O) groups excluding carboxylic acids is 2. The summed E-state index contributed by atoms with van der Waals surface area (Å²) < 4.78 is 4.66. The van der Waals surface area contributed by atoms with Gasteiger partial charge in [0.25, 0.3) is 0 Å². The molecule has 6 heteroatoms. The summed E-state index contributed by atoms with van der Waals surface area (Å²) in [5.74, 6) is -1.46. The molecule has 0 N–H and O–H groups in total. The van der Waals surface area contributed by atoms with Crippen LogP contribution < -0.4 is 0 Å². The molecule has 5 nitrogen and oxygen atoms in total. The Kier molecular flexibility index (Phi) is 5.18. The molecular formula is C12H11AlN2O3. The molecule has 0 unspecified atom stereocenters. The van der Waals surface area contributed by atoms with Crippen molar-refractivity contribution in [2.45, 2.75) is 0 Å². The Morgan fingerprint density at radius 2 is 1.33 bits per heavy atom. The number of hydrogen-bond donors (Lipinski definition) is 0. The summed E-state index contributed by atoms with van der Waals surface area (Å²) in [6.45, 7) is 0. The highest BCUT2D eigenvalue weighted by molar-refractivity contribution is 6.02. The van der Waals surface area contributed by atoms with Crippen molar-refractivity contribution < 1.29 is 14.3 Å². The maximum atomic E-state index is 11.5. The molecule has 18 heavy (non-hydrogen) atoms. The lowest BCUT2D eigenvalue weighted by molar-refractivity contribution is 0.0397. The molecule has 0 aliphatic heterocycles. The molecule has 0 radical (unpaired) electrons. The van der Waals surface area contributed by atoms with Crippen LogP contribution in [0.4, 0.5) is 0 Å². The normalized spacial score (nSPS) is 9.11. The lowest BCUT2D eigenvalue weighted by atomic mass is 10.3. The molecule has 0 saturated carbocycles. The van der Waals surface area contributed by atoms with Crippen molar-refractivity contribution in [2.24, 2.45) is 0 Å². The molecule has 2 aromatic heterocycles. The predicted molar refractivity (Wildman–Crippen MR) is 68.2 cm³/mol. The molecule has 0 amide bonds. The van der Waals surface area contributed by atoms with E-state index in [4.69, 9.17) is 0 Å². The van der Waals surface area contributed by atoms with E-state index in [9.17, 15) is 9.59 Å². The Balaban J connectivity index is 0.00000162. The van der Waals surface area contributed by atoms with Gasteiger partial charge in [-0.2, -0.15) is 0 Å². The van der Waals surface area contributed by atoms with E-state index in [2.05, 4.69) is 14.7 Å². The summed E-state index contributed by atoms with van der Waals surface area (Å²) in [7, 11) is 0. The SMILES string of the molecule is O=C(OC(=O)c1cccnc1)c1cccnc1.[AlH3]. The fraction of sp³-hybridized carbons (Fsp3) is 0. The van der Waals surface area contributed by atoms with Crippen LogP contribution in [0.15, 0.2) is 49.1 Å². The Labute approximate surface area is 114 Å². The van der Waals surface area contributed by atoms with Gasteiger partial charge in [-0.3, -0.25) is 9.97 Å². The summed E-state index contributed by atoms with van der Waals surface area (Å²) >= 11 is 0. The predicted octanol–water partition coefficient (Wildman–Crippen LogP) is 0.290. The van der Waals surface area contributed by atoms with E-state index in [0.717, 1.165) is 0 Å². The monoisotopic (exact) mass is 258 g/mol. The molecule has 2 heterocycles. The summed E-state index contributed by atoms with van der Waals surface area (Å²) in [6.07, 6.45) is 5.72. The van der Waals surface area contributed by atoms with Gasteiger partial charge in [0.15, 0.2) is 17.4 Å².